The molecule has 0 saturated heterocycles. The second kappa shape index (κ2) is 3.39. The highest BCUT2D eigenvalue weighted by molar-refractivity contribution is 7.31. The molecule has 0 saturated carbocycles. The van der Waals surface area contributed by atoms with Gasteiger partial charge in [0.05, 0.1) is 8.81 Å². The van der Waals surface area contributed by atoms with Gasteiger partial charge in [-0.2, -0.15) is 0 Å². The molecular weight excluding hydrogens is 71.0 g/mol. The van der Waals surface area contributed by atoms with Crippen molar-refractivity contribution in [3.63, 3.8) is 0 Å². The van der Waals surface area contributed by atoms with Crippen molar-refractivity contribution in [1.82, 2.24) is 0 Å². The summed E-state index contributed by atoms with van der Waals surface area (Å²) < 4.78 is 4.51. The van der Waals surface area contributed by atoms with Crippen LogP contribution in [0.1, 0.15) is 0 Å². The van der Waals surface area contributed by atoms with Crippen molar-refractivity contribution in [1.29, 1.82) is 0 Å². The van der Waals surface area contributed by atoms with E-state index in [9.17, 15) is 0 Å². The summed E-state index contributed by atoms with van der Waals surface area (Å²) in [7, 11) is 2.67. The summed E-state index contributed by atoms with van der Waals surface area (Å²) in [6, 6.07) is 0. The van der Waals surface area contributed by atoms with E-state index in [-0.39, 0.29) is 0 Å². The van der Waals surface area contributed by atoms with Gasteiger partial charge in [-0.25, -0.2) is 0 Å². The average Bonchev–Trinajstić information content (AvgIpc) is 1.37. The minimum Gasteiger partial charge on any atom is -0.356 e. The third kappa shape index (κ3) is 2.39. The van der Waals surface area contributed by atoms with Gasteiger partial charge in [0.15, 0.2) is 0 Å². The van der Waals surface area contributed by atoms with Gasteiger partial charge in [-0.3, -0.25) is 0 Å². The van der Waals surface area contributed by atoms with E-state index in [0.29, 0.717) is 0 Å². The summed E-state index contributed by atoms with van der Waals surface area (Å²) in [5.41, 5.74) is 0. The molecule has 0 fully saturated rings. The van der Waals surface area contributed by atoms with E-state index >= 15 is 0 Å². The summed E-state index contributed by atoms with van der Waals surface area (Å²) in [6.45, 7) is 1.93. The quantitative estimate of drug-likeness (QED) is 0.426. The van der Waals surface area contributed by atoms with Crippen LogP contribution in [0.5, 0.6) is 0 Å². The molecule has 1 nitrogen and oxygen atoms in total. The van der Waals surface area contributed by atoms with Crippen LogP contribution in [0, 0.1) is 0 Å². The Labute approximate surface area is 28.2 Å². The molecule has 0 aromatic heterocycles. The standard InChI is InChI=1S/C2H6OP/c1-3-4-2/h1-2H3. The van der Waals surface area contributed by atoms with Crippen LogP contribution >= 0.6 is 8.81 Å². The molecule has 0 amide bonds. The molecule has 25 valence electrons. The highest BCUT2D eigenvalue weighted by Crippen LogP contribution is 1.96. The molecule has 0 heterocycles. The molecule has 0 bridgehead atoms. The van der Waals surface area contributed by atoms with Gasteiger partial charge in [0, 0.05) is 7.11 Å². The lowest BCUT2D eigenvalue weighted by molar-refractivity contribution is 0.479. The van der Waals surface area contributed by atoms with Gasteiger partial charge >= 0.3 is 0 Å². The maximum Gasteiger partial charge on any atom is 0.0774 e. The first-order valence-electron chi connectivity index (χ1n) is 1.04. The summed E-state index contributed by atoms with van der Waals surface area (Å²) in [5.74, 6) is 0. The highest BCUT2D eigenvalue weighted by atomic mass is 31.1. The summed E-state index contributed by atoms with van der Waals surface area (Å²) >= 11 is 0. The van der Waals surface area contributed by atoms with E-state index < -0.39 is 0 Å². The lowest BCUT2D eigenvalue weighted by Gasteiger charge is -1.73. The lowest BCUT2D eigenvalue weighted by Crippen LogP contribution is -1.49. The van der Waals surface area contributed by atoms with Gasteiger partial charge < -0.3 is 4.52 Å². The predicted molar refractivity (Wildman–Crippen MR) is 19.9 cm³/mol. The van der Waals surface area contributed by atoms with Gasteiger partial charge in [0.2, 0.25) is 0 Å². The molecule has 0 aromatic carbocycles. The van der Waals surface area contributed by atoms with Crippen LogP contribution in [0.3, 0.4) is 0 Å². The van der Waals surface area contributed by atoms with E-state index in [4.69, 9.17) is 0 Å². The number of hydrogen-bond acceptors (Lipinski definition) is 1. The molecule has 1 radical (unpaired) electrons. The third-order valence-corrected chi connectivity index (χ3v) is 0.548. The molecule has 0 aliphatic heterocycles. The van der Waals surface area contributed by atoms with Crippen molar-refractivity contribution in [2.75, 3.05) is 13.8 Å². The summed E-state index contributed by atoms with van der Waals surface area (Å²) in [4.78, 5) is 0. The molecule has 0 aliphatic carbocycles. The van der Waals surface area contributed by atoms with Crippen molar-refractivity contribution in [3.05, 3.63) is 0 Å². The van der Waals surface area contributed by atoms with Gasteiger partial charge in [-0.15, -0.1) is 0 Å². The van der Waals surface area contributed by atoms with E-state index in [0.717, 1.165) is 8.81 Å². The van der Waals surface area contributed by atoms with Crippen LogP contribution in [0.2, 0.25) is 0 Å². The second-order valence-corrected chi connectivity index (χ2v) is 1.10. The third-order valence-electron chi connectivity index (χ3n) is 0.183. The van der Waals surface area contributed by atoms with Crippen LogP contribution in [0.15, 0.2) is 0 Å². The minimum atomic E-state index is 0.998. The minimum absolute atomic E-state index is 0.998. The van der Waals surface area contributed by atoms with Crippen molar-refractivity contribution < 1.29 is 4.52 Å². The molecule has 0 atom stereocenters. The van der Waals surface area contributed by atoms with Crippen LogP contribution in [0.4, 0.5) is 0 Å². The van der Waals surface area contributed by atoms with Crippen LogP contribution in [-0.2, 0) is 4.52 Å². The van der Waals surface area contributed by atoms with Crippen molar-refractivity contribution in [2.45, 2.75) is 0 Å². The van der Waals surface area contributed by atoms with E-state index in [1.54, 1.807) is 7.11 Å². The Bertz CT molecular complexity index is 8.00. The fraction of sp³-hybridized carbons (Fsp3) is 1.00. The van der Waals surface area contributed by atoms with Gasteiger partial charge in [-0.1, -0.05) is 0 Å². The molecular formula is C2H6OP. The number of hydrogen-bond donors (Lipinski definition) is 0. The first-order valence-corrected chi connectivity index (χ1v) is 2.30. The largest absolute Gasteiger partial charge is 0.356 e. The molecule has 2 heteroatoms. The molecule has 0 spiro atoms. The first kappa shape index (κ1) is 4.39. The molecule has 0 unspecified atom stereocenters. The monoisotopic (exact) mass is 77.0 g/mol. The maximum absolute atomic E-state index is 4.51. The Kier molecular flexibility index (Phi) is 3.72. The Morgan fingerprint density at radius 3 is 2.00 bits per heavy atom. The topological polar surface area (TPSA) is 9.23 Å². The van der Waals surface area contributed by atoms with E-state index in [2.05, 4.69) is 4.52 Å². The van der Waals surface area contributed by atoms with Crippen LogP contribution in [0.25, 0.3) is 0 Å². The zero-order chi connectivity index (χ0) is 3.41. The van der Waals surface area contributed by atoms with E-state index in [1.807, 2.05) is 6.66 Å². The summed E-state index contributed by atoms with van der Waals surface area (Å²) in [6.07, 6.45) is 0. The van der Waals surface area contributed by atoms with Gasteiger partial charge in [-0.05, 0) is 6.66 Å². The van der Waals surface area contributed by atoms with Crippen LogP contribution in [-0.4, -0.2) is 13.8 Å². The van der Waals surface area contributed by atoms with Gasteiger partial charge in [0.25, 0.3) is 0 Å². The van der Waals surface area contributed by atoms with Crippen LogP contribution < -0.4 is 0 Å². The van der Waals surface area contributed by atoms with Crippen molar-refractivity contribution >= 4 is 8.81 Å². The Balaban J connectivity index is 1.97. The lowest BCUT2D eigenvalue weighted by atomic mass is 11.8. The van der Waals surface area contributed by atoms with Gasteiger partial charge in [0.1, 0.15) is 0 Å². The second-order valence-electron chi connectivity index (χ2n) is 0.365. The zero-order valence-electron chi connectivity index (χ0n) is 2.86. The fourth-order valence-corrected chi connectivity index (χ4v) is 0. The van der Waals surface area contributed by atoms with Crippen molar-refractivity contribution in [2.24, 2.45) is 0 Å². The summed E-state index contributed by atoms with van der Waals surface area (Å²) in [5, 5.41) is 0. The average molecular weight is 77.0 g/mol. The molecule has 0 aromatic rings. The SMILES string of the molecule is CO[P]C. The molecule has 0 aliphatic rings. The fourth-order valence-electron chi connectivity index (χ4n) is 0. The Hall–Kier alpha value is 0.390. The Morgan fingerprint density at radius 1 is 1.75 bits per heavy atom. The molecule has 4 heavy (non-hydrogen) atoms. The highest BCUT2D eigenvalue weighted by Gasteiger charge is 1.54. The molecule has 0 N–H and O–H groups in total. The van der Waals surface area contributed by atoms with Crippen molar-refractivity contribution in [3.8, 4) is 0 Å². The predicted octanol–water partition coefficient (Wildman–Crippen LogP) is 1.12. The molecule has 0 rings (SSSR count). The smallest absolute Gasteiger partial charge is 0.0774 e. The zero-order valence-corrected chi connectivity index (χ0v) is 3.75. The number of rotatable bonds is 1. The maximum atomic E-state index is 4.51. The normalized spacial score (nSPS) is 10.5. The Morgan fingerprint density at radius 2 is 2.00 bits per heavy atom. The van der Waals surface area contributed by atoms with E-state index in [1.165, 1.54) is 0 Å². The first-order chi connectivity index (χ1) is 1.91.